The van der Waals surface area contributed by atoms with E-state index < -0.39 is 0 Å². The molecule has 5 aromatic rings. The predicted molar refractivity (Wildman–Crippen MR) is 115 cm³/mol. The molecule has 0 aliphatic carbocycles. The van der Waals surface area contributed by atoms with Gasteiger partial charge in [0.1, 0.15) is 0 Å². The second-order valence-electron chi connectivity index (χ2n) is 6.91. The quantitative estimate of drug-likeness (QED) is 0.427. The van der Waals surface area contributed by atoms with Crippen LogP contribution in [0, 0.1) is 0 Å². The van der Waals surface area contributed by atoms with E-state index in [2.05, 4.69) is 15.5 Å². The molecule has 0 radical (unpaired) electrons. The van der Waals surface area contributed by atoms with Crippen molar-refractivity contribution in [2.45, 2.75) is 6.42 Å². The van der Waals surface area contributed by atoms with E-state index in [1.54, 1.807) is 30.5 Å². The molecule has 3 aromatic heterocycles. The predicted octanol–water partition coefficient (Wildman–Crippen LogP) is 4.96. The highest BCUT2D eigenvalue weighted by atomic mass is 16.5. The van der Waals surface area contributed by atoms with E-state index in [0.29, 0.717) is 35.1 Å². The zero-order valence-corrected chi connectivity index (χ0v) is 16.4. The summed E-state index contributed by atoms with van der Waals surface area (Å²) in [4.78, 5) is 17.2. The molecule has 5 rings (SSSR count). The first kappa shape index (κ1) is 18.6. The maximum atomic E-state index is 12.8. The van der Waals surface area contributed by atoms with Crippen LogP contribution >= 0.6 is 0 Å². The number of aromatic nitrogens is 3. The van der Waals surface area contributed by atoms with Gasteiger partial charge >= 0.3 is 0 Å². The Labute approximate surface area is 177 Å². The molecule has 31 heavy (non-hydrogen) atoms. The van der Waals surface area contributed by atoms with Crippen molar-refractivity contribution in [3.05, 3.63) is 108 Å². The van der Waals surface area contributed by atoms with Crippen LogP contribution in [0.25, 0.3) is 17.3 Å². The van der Waals surface area contributed by atoms with Crippen molar-refractivity contribution in [3.63, 3.8) is 0 Å². The molecule has 0 saturated heterocycles. The van der Waals surface area contributed by atoms with Gasteiger partial charge in [-0.1, -0.05) is 23.4 Å². The zero-order valence-electron chi connectivity index (χ0n) is 16.4. The Hall–Kier alpha value is -4.39. The molecule has 0 aliphatic rings. The Bertz CT molecular complexity index is 1290. The summed E-state index contributed by atoms with van der Waals surface area (Å²) in [6.07, 6.45) is 5.86. The van der Waals surface area contributed by atoms with E-state index >= 15 is 0 Å². The molecule has 0 bridgehead atoms. The monoisotopic (exact) mass is 410 g/mol. The van der Waals surface area contributed by atoms with E-state index in [1.807, 2.05) is 65.5 Å². The molecule has 0 fully saturated rings. The van der Waals surface area contributed by atoms with E-state index in [4.69, 9.17) is 8.94 Å². The molecule has 0 aliphatic heterocycles. The number of benzene rings is 2. The fraction of sp³-hybridized carbons (Fsp3) is 0.0417. The van der Waals surface area contributed by atoms with Gasteiger partial charge in [0.2, 0.25) is 11.7 Å². The number of hydrogen-bond donors (Lipinski definition) is 1. The van der Waals surface area contributed by atoms with Gasteiger partial charge < -0.3 is 18.8 Å². The average molecular weight is 410 g/mol. The average Bonchev–Trinajstić information content (AvgIpc) is 3.57. The third-order valence-electron chi connectivity index (χ3n) is 4.85. The third-order valence-corrected chi connectivity index (χ3v) is 4.85. The summed E-state index contributed by atoms with van der Waals surface area (Å²) in [5.41, 5.74) is 3.13. The molecule has 152 valence electrons. The molecule has 2 aromatic carbocycles. The maximum absolute atomic E-state index is 12.8. The summed E-state index contributed by atoms with van der Waals surface area (Å²) in [5, 5.41) is 6.93. The Kier molecular flexibility index (Phi) is 4.90. The van der Waals surface area contributed by atoms with Gasteiger partial charge in [-0.2, -0.15) is 4.98 Å². The van der Waals surface area contributed by atoms with Crippen LogP contribution in [0.1, 0.15) is 21.8 Å². The fourth-order valence-corrected chi connectivity index (χ4v) is 3.28. The molecular formula is C24H18N4O3. The van der Waals surface area contributed by atoms with Gasteiger partial charge in [-0.25, -0.2) is 0 Å². The van der Waals surface area contributed by atoms with Crippen molar-refractivity contribution in [2.24, 2.45) is 0 Å². The first-order valence-corrected chi connectivity index (χ1v) is 9.75. The molecule has 0 spiro atoms. The fourth-order valence-electron chi connectivity index (χ4n) is 3.28. The Balaban J connectivity index is 1.32. The van der Waals surface area contributed by atoms with Crippen LogP contribution < -0.4 is 5.32 Å². The van der Waals surface area contributed by atoms with Gasteiger partial charge in [0.25, 0.3) is 5.91 Å². The lowest BCUT2D eigenvalue weighted by atomic mass is 10.1. The van der Waals surface area contributed by atoms with Gasteiger partial charge in [0.15, 0.2) is 5.76 Å². The van der Waals surface area contributed by atoms with Crippen molar-refractivity contribution >= 4 is 11.6 Å². The molecule has 7 nitrogen and oxygen atoms in total. The summed E-state index contributed by atoms with van der Waals surface area (Å²) in [6, 6.07) is 22.4. The highest BCUT2D eigenvalue weighted by Crippen LogP contribution is 2.22. The number of nitrogens with one attached hydrogen (secondary N) is 1. The van der Waals surface area contributed by atoms with Gasteiger partial charge in [-0.05, 0) is 60.2 Å². The molecular weight excluding hydrogens is 392 g/mol. The number of anilines is 1. The molecule has 7 heteroatoms. The Morgan fingerprint density at radius 1 is 0.935 bits per heavy atom. The van der Waals surface area contributed by atoms with Crippen LogP contribution in [-0.2, 0) is 6.42 Å². The summed E-state index contributed by atoms with van der Waals surface area (Å²) < 4.78 is 12.6. The van der Waals surface area contributed by atoms with Crippen LogP contribution in [0.5, 0.6) is 0 Å². The van der Waals surface area contributed by atoms with E-state index in [1.165, 1.54) is 0 Å². The van der Waals surface area contributed by atoms with Crippen molar-refractivity contribution in [3.8, 4) is 17.3 Å². The number of furan rings is 1. The summed E-state index contributed by atoms with van der Waals surface area (Å²) >= 11 is 0. The molecule has 1 amide bonds. The molecule has 3 heterocycles. The standard InChI is InChI=1S/C24H18N4O3/c29-24(17-9-11-19(12-10-17)28-13-3-4-14-28)25-20-7-2-1-6-18(20)16-22-26-23(27-31-22)21-8-5-15-30-21/h1-15H,16H2,(H,25,29). The van der Waals surface area contributed by atoms with E-state index in [9.17, 15) is 4.79 Å². The number of rotatable bonds is 6. The third kappa shape index (κ3) is 4.02. The van der Waals surface area contributed by atoms with E-state index in [0.717, 1.165) is 11.3 Å². The first-order chi connectivity index (χ1) is 15.3. The first-order valence-electron chi connectivity index (χ1n) is 9.75. The number of carbonyl (C=O) groups excluding carboxylic acids is 1. The maximum Gasteiger partial charge on any atom is 0.255 e. The minimum atomic E-state index is -0.187. The number of hydrogen-bond acceptors (Lipinski definition) is 5. The SMILES string of the molecule is O=C(Nc1ccccc1Cc1nc(-c2ccco2)no1)c1ccc(-n2cccc2)cc1. The van der Waals surface area contributed by atoms with Crippen LogP contribution in [0.2, 0.25) is 0 Å². The highest BCUT2D eigenvalue weighted by Gasteiger charge is 2.14. The highest BCUT2D eigenvalue weighted by molar-refractivity contribution is 6.04. The van der Waals surface area contributed by atoms with E-state index in [-0.39, 0.29) is 5.91 Å². The lowest BCUT2D eigenvalue weighted by Gasteiger charge is -2.10. The van der Waals surface area contributed by atoms with Crippen LogP contribution in [0.4, 0.5) is 5.69 Å². The summed E-state index contributed by atoms with van der Waals surface area (Å²) in [5.74, 6) is 1.18. The van der Waals surface area contributed by atoms with Crippen LogP contribution in [0.15, 0.2) is 100 Å². The molecule has 0 unspecified atom stereocenters. The Morgan fingerprint density at radius 3 is 2.52 bits per heavy atom. The lowest BCUT2D eigenvalue weighted by molar-refractivity contribution is 0.102. The van der Waals surface area contributed by atoms with Crippen LogP contribution in [0.3, 0.4) is 0 Å². The van der Waals surface area contributed by atoms with Gasteiger partial charge in [-0.15, -0.1) is 0 Å². The molecule has 0 atom stereocenters. The van der Waals surface area contributed by atoms with Crippen molar-refractivity contribution in [1.82, 2.24) is 14.7 Å². The van der Waals surface area contributed by atoms with Crippen molar-refractivity contribution in [1.29, 1.82) is 0 Å². The Morgan fingerprint density at radius 2 is 1.74 bits per heavy atom. The number of nitrogens with zero attached hydrogens (tertiary/aromatic N) is 3. The second kappa shape index (κ2) is 8.16. The molecule has 0 saturated carbocycles. The minimum absolute atomic E-state index is 0.187. The summed E-state index contributed by atoms with van der Waals surface area (Å²) in [6.45, 7) is 0. The van der Waals surface area contributed by atoms with Gasteiger partial charge in [0, 0.05) is 29.3 Å². The smallest absolute Gasteiger partial charge is 0.255 e. The molecule has 1 N–H and O–H groups in total. The van der Waals surface area contributed by atoms with Crippen LogP contribution in [-0.4, -0.2) is 20.6 Å². The number of amides is 1. The topological polar surface area (TPSA) is 86.1 Å². The zero-order chi connectivity index (χ0) is 21.0. The van der Waals surface area contributed by atoms with Crippen molar-refractivity contribution < 1.29 is 13.7 Å². The van der Waals surface area contributed by atoms with Gasteiger partial charge in [-0.3, -0.25) is 4.79 Å². The second-order valence-corrected chi connectivity index (χ2v) is 6.91. The summed E-state index contributed by atoms with van der Waals surface area (Å²) in [7, 11) is 0. The van der Waals surface area contributed by atoms with Crippen molar-refractivity contribution in [2.75, 3.05) is 5.32 Å². The lowest BCUT2D eigenvalue weighted by Crippen LogP contribution is -2.13. The normalized spacial score (nSPS) is 10.8. The minimum Gasteiger partial charge on any atom is -0.461 e. The van der Waals surface area contributed by atoms with Gasteiger partial charge in [0.05, 0.1) is 12.7 Å². The number of carbonyl (C=O) groups is 1. The largest absolute Gasteiger partial charge is 0.461 e. The number of para-hydroxylation sites is 1.